The van der Waals surface area contributed by atoms with Crippen molar-refractivity contribution in [3.8, 4) is 0 Å². The second-order valence-corrected chi connectivity index (χ2v) is 6.75. The van der Waals surface area contributed by atoms with Crippen molar-refractivity contribution in [1.82, 2.24) is 15.5 Å². The molecule has 1 aromatic rings. The van der Waals surface area contributed by atoms with E-state index >= 15 is 0 Å². The molecular weight excluding hydrogens is 427 g/mol. The summed E-state index contributed by atoms with van der Waals surface area (Å²) in [5.41, 5.74) is 2.55. The molecule has 0 radical (unpaired) electrons. The second kappa shape index (κ2) is 11.7. The molecule has 0 amide bonds. The Kier molecular flexibility index (Phi) is 10.4. The molecule has 1 aliphatic rings. The fourth-order valence-electron chi connectivity index (χ4n) is 3.01. The maximum atomic E-state index is 5.47. The second-order valence-electron chi connectivity index (χ2n) is 6.75. The third-order valence-electron chi connectivity index (χ3n) is 4.57. The molecule has 1 aromatic carbocycles. The van der Waals surface area contributed by atoms with Crippen LogP contribution in [0, 0.1) is 12.8 Å². The quantitative estimate of drug-likeness (QED) is 0.390. The molecule has 1 fully saturated rings. The molecule has 0 bridgehead atoms. The van der Waals surface area contributed by atoms with Crippen LogP contribution >= 0.6 is 24.0 Å². The first kappa shape index (κ1) is 22.2. The van der Waals surface area contributed by atoms with Gasteiger partial charge in [-0.15, -0.1) is 24.0 Å². The number of nitrogens with zero attached hydrogens (tertiary/aromatic N) is 2. The van der Waals surface area contributed by atoms with Gasteiger partial charge in [0.15, 0.2) is 5.96 Å². The monoisotopic (exact) mass is 460 g/mol. The highest BCUT2D eigenvalue weighted by molar-refractivity contribution is 14.0. The minimum Gasteiger partial charge on any atom is -0.379 e. The fraction of sp³-hybridized carbons (Fsp3) is 0.632. The molecule has 0 saturated carbocycles. The summed E-state index contributed by atoms with van der Waals surface area (Å²) in [6, 6.07) is 9.08. The van der Waals surface area contributed by atoms with E-state index in [0.717, 1.165) is 45.4 Å². The molecule has 0 aromatic heterocycles. The lowest BCUT2D eigenvalue weighted by atomic mass is 10.0. The van der Waals surface area contributed by atoms with Gasteiger partial charge in [0.1, 0.15) is 0 Å². The minimum absolute atomic E-state index is 0. The Balaban J connectivity index is 0.00000312. The minimum atomic E-state index is 0. The van der Waals surface area contributed by atoms with Gasteiger partial charge in [-0.3, -0.25) is 9.89 Å². The molecule has 1 unspecified atom stereocenters. The fourth-order valence-corrected chi connectivity index (χ4v) is 3.01. The van der Waals surface area contributed by atoms with E-state index in [1.807, 2.05) is 7.05 Å². The van der Waals surface area contributed by atoms with Crippen LogP contribution in [-0.4, -0.2) is 56.8 Å². The lowest BCUT2D eigenvalue weighted by Crippen LogP contribution is -2.52. The number of hydrogen-bond acceptors (Lipinski definition) is 3. The van der Waals surface area contributed by atoms with Crippen LogP contribution < -0.4 is 10.6 Å². The summed E-state index contributed by atoms with van der Waals surface area (Å²) < 4.78 is 5.47. The van der Waals surface area contributed by atoms with Crippen molar-refractivity contribution in [2.24, 2.45) is 10.9 Å². The van der Waals surface area contributed by atoms with Gasteiger partial charge in [-0.25, -0.2) is 0 Å². The number of hydrogen-bond donors (Lipinski definition) is 2. The van der Waals surface area contributed by atoms with Crippen LogP contribution in [0.2, 0.25) is 0 Å². The molecule has 1 atom stereocenters. The van der Waals surface area contributed by atoms with E-state index in [9.17, 15) is 0 Å². The lowest BCUT2D eigenvalue weighted by Gasteiger charge is -2.37. The summed E-state index contributed by atoms with van der Waals surface area (Å²) in [6.07, 6.45) is 0. The van der Waals surface area contributed by atoms with Crippen molar-refractivity contribution < 1.29 is 4.74 Å². The van der Waals surface area contributed by atoms with E-state index in [1.54, 1.807) is 0 Å². The predicted molar refractivity (Wildman–Crippen MR) is 116 cm³/mol. The van der Waals surface area contributed by atoms with E-state index in [-0.39, 0.29) is 24.0 Å². The molecule has 5 nitrogen and oxygen atoms in total. The SMILES string of the molecule is CN=C(NCc1ccc(C)cc1)NCC(C(C)C)N1CCOCC1.I. The number of rotatable bonds is 6. The Bertz CT molecular complexity index is 513. The molecule has 2 N–H and O–H groups in total. The van der Waals surface area contributed by atoms with Crippen LogP contribution in [0.15, 0.2) is 29.3 Å². The molecule has 1 saturated heterocycles. The van der Waals surface area contributed by atoms with Gasteiger partial charge in [0.25, 0.3) is 0 Å². The first-order chi connectivity index (χ1) is 11.6. The summed E-state index contributed by atoms with van der Waals surface area (Å²) in [7, 11) is 1.82. The number of nitrogens with one attached hydrogen (secondary N) is 2. The molecule has 1 heterocycles. The highest BCUT2D eigenvalue weighted by Gasteiger charge is 2.23. The largest absolute Gasteiger partial charge is 0.379 e. The first-order valence-electron chi connectivity index (χ1n) is 8.92. The summed E-state index contributed by atoms with van der Waals surface area (Å²) in [4.78, 5) is 6.87. The summed E-state index contributed by atoms with van der Waals surface area (Å²) in [6.45, 7) is 12.0. The molecule has 0 aliphatic carbocycles. The van der Waals surface area contributed by atoms with E-state index in [4.69, 9.17) is 4.74 Å². The smallest absolute Gasteiger partial charge is 0.191 e. The third-order valence-corrected chi connectivity index (χ3v) is 4.57. The van der Waals surface area contributed by atoms with Crippen molar-refractivity contribution >= 4 is 29.9 Å². The van der Waals surface area contributed by atoms with Crippen molar-refractivity contribution in [3.63, 3.8) is 0 Å². The summed E-state index contributed by atoms with van der Waals surface area (Å²) in [5, 5.41) is 6.88. The van der Waals surface area contributed by atoms with E-state index in [2.05, 4.69) is 65.6 Å². The van der Waals surface area contributed by atoms with Gasteiger partial charge < -0.3 is 15.4 Å². The Morgan fingerprint density at radius 3 is 2.36 bits per heavy atom. The maximum absolute atomic E-state index is 5.47. The topological polar surface area (TPSA) is 48.9 Å². The molecule has 2 rings (SSSR count). The van der Waals surface area contributed by atoms with Crippen LogP contribution in [-0.2, 0) is 11.3 Å². The highest BCUT2D eigenvalue weighted by Crippen LogP contribution is 2.12. The van der Waals surface area contributed by atoms with Gasteiger partial charge >= 0.3 is 0 Å². The molecule has 142 valence electrons. The molecule has 6 heteroatoms. The Morgan fingerprint density at radius 2 is 1.80 bits per heavy atom. The molecule has 0 spiro atoms. The zero-order chi connectivity index (χ0) is 17.4. The summed E-state index contributed by atoms with van der Waals surface area (Å²) >= 11 is 0. The number of aryl methyl sites for hydroxylation is 1. The lowest BCUT2D eigenvalue weighted by molar-refractivity contribution is 0.00752. The van der Waals surface area contributed by atoms with Crippen molar-refractivity contribution in [2.75, 3.05) is 39.9 Å². The average Bonchev–Trinajstić information content (AvgIpc) is 2.60. The molecule has 25 heavy (non-hydrogen) atoms. The zero-order valence-corrected chi connectivity index (χ0v) is 18.2. The number of guanidine groups is 1. The van der Waals surface area contributed by atoms with Gasteiger partial charge in [0, 0.05) is 39.3 Å². The maximum Gasteiger partial charge on any atom is 0.191 e. The van der Waals surface area contributed by atoms with Crippen molar-refractivity contribution in [1.29, 1.82) is 0 Å². The van der Waals surface area contributed by atoms with Crippen LogP contribution in [0.25, 0.3) is 0 Å². The van der Waals surface area contributed by atoms with Crippen molar-refractivity contribution in [2.45, 2.75) is 33.4 Å². The van der Waals surface area contributed by atoms with Crippen LogP contribution in [0.1, 0.15) is 25.0 Å². The first-order valence-corrected chi connectivity index (χ1v) is 8.92. The van der Waals surface area contributed by atoms with Crippen LogP contribution in [0.3, 0.4) is 0 Å². The number of halogens is 1. The molecule has 1 aliphatic heterocycles. The predicted octanol–water partition coefficient (Wildman–Crippen LogP) is 2.63. The number of morpholine rings is 1. The van der Waals surface area contributed by atoms with Gasteiger partial charge in [-0.2, -0.15) is 0 Å². The zero-order valence-electron chi connectivity index (χ0n) is 15.9. The van der Waals surface area contributed by atoms with E-state index < -0.39 is 0 Å². The number of benzene rings is 1. The average molecular weight is 460 g/mol. The van der Waals surface area contributed by atoms with Gasteiger partial charge in [0.2, 0.25) is 0 Å². The number of ether oxygens (including phenoxy) is 1. The Hall–Kier alpha value is -0.860. The van der Waals surface area contributed by atoms with E-state index in [0.29, 0.717) is 12.0 Å². The number of aliphatic imine (C=N–C) groups is 1. The van der Waals surface area contributed by atoms with Gasteiger partial charge in [0.05, 0.1) is 13.2 Å². The Labute approximate surface area is 169 Å². The standard InChI is InChI=1S/C19H32N4O.HI/c1-15(2)18(23-9-11-24-12-10-23)14-22-19(20-4)21-13-17-7-5-16(3)6-8-17;/h5-8,15,18H,9-14H2,1-4H3,(H2,20,21,22);1H. The van der Waals surface area contributed by atoms with Crippen LogP contribution in [0.4, 0.5) is 0 Å². The van der Waals surface area contributed by atoms with Gasteiger partial charge in [-0.05, 0) is 18.4 Å². The molecular formula is C19H33IN4O. The van der Waals surface area contributed by atoms with Crippen LogP contribution in [0.5, 0.6) is 0 Å². The van der Waals surface area contributed by atoms with E-state index in [1.165, 1.54) is 11.1 Å². The third kappa shape index (κ3) is 7.50. The normalized spacial score (nSPS) is 17.1. The highest BCUT2D eigenvalue weighted by atomic mass is 127. The van der Waals surface area contributed by atoms with Crippen molar-refractivity contribution in [3.05, 3.63) is 35.4 Å². The summed E-state index contributed by atoms with van der Waals surface area (Å²) in [5.74, 6) is 1.44. The Morgan fingerprint density at radius 1 is 1.16 bits per heavy atom. The van der Waals surface area contributed by atoms with Gasteiger partial charge in [-0.1, -0.05) is 43.7 Å².